The number of aryl methyl sites for hydroxylation is 1. The van der Waals surface area contributed by atoms with Gasteiger partial charge in [-0.05, 0) is 20.3 Å². The summed E-state index contributed by atoms with van der Waals surface area (Å²) in [5, 5.41) is 4.04. The molecule has 17 heavy (non-hydrogen) atoms. The summed E-state index contributed by atoms with van der Waals surface area (Å²) in [6.45, 7) is 5.52. The summed E-state index contributed by atoms with van der Waals surface area (Å²) >= 11 is 1.48. The Hall–Kier alpha value is -1.14. The molecule has 0 spiro atoms. The molecule has 2 rings (SSSR count). The van der Waals surface area contributed by atoms with E-state index in [1.54, 1.807) is 6.92 Å². The van der Waals surface area contributed by atoms with Gasteiger partial charge in [-0.3, -0.25) is 0 Å². The normalized spacial score (nSPS) is 19.3. The highest BCUT2D eigenvalue weighted by atomic mass is 32.1. The Morgan fingerprint density at radius 2 is 2.53 bits per heavy atom. The third-order valence-corrected chi connectivity index (χ3v) is 3.42. The highest BCUT2D eigenvalue weighted by Gasteiger charge is 2.20. The molecule has 1 aromatic rings. The third-order valence-electron chi connectivity index (χ3n) is 2.52. The van der Waals surface area contributed by atoms with Gasteiger partial charge in [0.1, 0.15) is 0 Å². The molecule has 0 radical (unpaired) electrons. The zero-order valence-electron chi connectivity index (χ0n) is 9.99. The molecule has 5 nitrogen and oxygen atoms in total. The number of nitrogens with one attached hydrogen (secondary N) is 1. The van der Waals surface area contributed by atoms with Crippen LogP contribution in [0.4, 0.5) is 5.13 Å². The molecule has 0 aliphatic carbocycles. The second kappa shape index (κ2) is 5.46. The SMILES string of the molecule is CCOC(=O)c1nc(NC2CCOC2)sc1C. The number of carbonyl (C=O) groups is 1. The Labute approximate surface area is 104 Å². The van der Waals surface area contributed by atoms with Gasteiger partial charge in [0.05, 0.1) is 19.3 Å². The molecule has 1 aliphatic heterocycles. The zero-order chi connectivity index (χ0) is 12.3. The maximum atomic E-state index is 11.6. The Morgan fingerprint density at radius 1 is 1.71 bits per heavy atom. The molecule has 2 heterocycles. The first-order valence-corrected chi connectivity index (χ1v) is 6.51. The molecule has 94 valence electrons. The fourth-order valence-corrected chi connectivity index (χ4v) is 2.55. The van der Waals surface area contributed by atoms with E-state index in [1.165, 1.54) is 11.3 Å². The molecule has 1 saturated heterocycles. The minimum Gasteiger partial charge on any atom is -0.461 e. The Morgan fingerprint density at radius 3 is 3.18 bits per heavy atom. The van der Waals surface area contributed by atoms with E-state index in [2.05, 4.69) is 10.3 Å². The van der Waals surface area contributed by atoms with Gasteiger partial charge in [0.15, 0.2) is 10.8 Å². The molecular formula is C11H16N2O3S. The minimum atomic E-state index is -0.350. The number of carbonyl (C=O) groups excluding carboxylic acids is 1. The van der Waals surface area contributed by atoms with E-state index in [1.807, 2.05) is 6.92 Å². The van der Waals surface area contributed by atoms with Crippen LogP contribution >= 0.6 is 11.3 Å². The molecule has 0 bridgehead atoms. The van der Waals surface area contributed by atoms with Crippen molar-refractivity contribution in [3.8, 4) is 0 Å². The van der Waals surface area contributed by atoms with E-state index in [4.69, 9.17) is 9.47 Å². The lowest BCUT2D eigenvalue weighted by atomic mass is 10.3. The number of rotatable bonds is 4. The van der Waals surface area contributed by atoms with Crippen LogP contribution in [0.25, 0.3) is 0 Å². The topological polar surface area (TPSA) is 60.5 Å². The van der Waals surface area contributed by atoms with Gasteiger partial charge >= 0.3 is 5.97 Å². The van der Waals surface area contributed by atoms with Gasteiger partial charge in [-0.25, -0.2) is 9.78 Å². The summed E-state index contributed by atoms with van der Waals surface area (Å²) in [7, 11) is 0. The first kappa shape index (κ1) is 12.3. The number of hydrogen-bond donors (Lipinski definition) is 1. The molecule has 6 heteroatoms. The largest absolute Gasteiger partial charge is 0.461 e. The first-order valence-electron chi connectivity index (χ1n) is 5.69. The molecule has 1 aromatic heterocycles. The standard InChI is InChI=1S/C11H16N2O3S/c1-3-16-10(14)9-7(2)17-11(13-9)12-8-4-5-15-6-8/h8H,3-6H2,1-2H3,(H,12,13). The van der Waals surface area contributed by atoms with Crippen molar-refractivity contribution in [2.24, 2.45) is 0 Å². The number of hydrogen-bond acceptors (Lipinski definition) is 6. The predicted molar refractivity (Wildman–Crippen MR) is 65.7 cm³/mol. The summed E-state index contributed by atoms with van der Waals surface area (Å²) in [6.07, 6.45) is 0.980. The number of esters is 1. The molecule has 1 unspecified atom stereocenters. The van der Waals surface area contributed by atoms with Gasteiger partial charge in [-0.15, -0.1) is 11.3 Å². The van der Waals surface area contributed by atoms with Crippen LogP contribution in [0.1, 0.15) is 28.7 Å². The average molecular weight is 256 g/mol. The van der Waals surface area contributed by atoms with Gasteiger partial charge in [0.25, 0.3) is 0 Å². The average Bonchev–Trinajstić information content (AvgIpc) is 2.89. The second-order valence-corrected chi connectivity index (χ2v) is 5.05. The summed E-state index contributed by atoms with van der Waals surface area (Å²) < 4.78 is 10.2. The lowest BCUT2D eigenvalue weighted by molar-refractivity contribution is 0.0519. The Kier molecular flexibility index (Phi) is 3.96. The van der Waals surface area contributed by atoms with Crippen LogP contribution < -0.4 is 5.32 Å². The third kappa shape index (κ3) is 2.95. The van der Waals surface area contributed by atoms with E-state index in [9.17, 15) is 4.79 Å². The summed E-state index contributed by atoms with van der Waals surface area (Å²) in [4.78, 5) is 16.7. The Balaban J connectivity index is 2.04. The fourth-order valence-electron chi connectivity index (χ4n) is 1.67. The highest BCUT2D eigenvalue weighted by Crippen LogP contribution is 2.24. The molecule has 1 N–H and O–H groups in total. The van der Waals surface area contributed by atoms with Crippen LogP contribution in [0.5, 0.6) is 0 Å². The van der Waals surface area contributed by atoms with E-state index >= 15 is 0 Å². The van der Waals surface area contributed by atoms with Crippen molar-refractivity contribution in [2.45, 2.75) is 26.3 Å². The van der Waals surface area contributed by atoms with Gasteiger partial charge in [-0.2, -0.15) is 0 Å². The zero-order valence-corrected chi connectivity index (χ0v) is 10.8. The van der Waals surface area contributed by atoms with Gasteiger partial charge in [0, 0.05) is 11.5 Å². The molecule has 0 amide bonds. The van der Waals surface area contributed by atoms with Crippen LogP contribution in [0.15, 0.2) is 0 Å². The molecule has 0 saturated carbocycles. The molecule has 1 atom stereocenters. The van der Waals surface area contributed by atoms with Crippen LogP contribution in [-0.2, 0) is 9.47 Å². The second-order valence-electron chi connectivity index (χ2n) is 3.85. The predicted octanol–water partition coefficient (Wildman–Crippen LogP) is 1.83. The lowest BCUT2D eigenvalue weighted by Gasteiger charge is -2.07. The van der Waals surface area contributed by atoms with Crippen LogP contribution in [-0.4, -0.2) is 36.8 Å². The quantitative estimate of drug-likeness (QED) is 0.833. The summed E-state index contributed by atoms with van der Waals surface area (Å²) in [6, 6.07) is 0.301. The molecule has 1 aliphatic rings. The van der Waals surface area contributed by atoms with Gasteiger partial charge < -0.3 is 14.8 Å². The van der Waals surface area contributed by atoms with Gasteiger partial charge in [0.2, 0.25) is 0 Å². The van der Waals surface area contributed by atoms with E-state index in [-0.39, 0.29) is 5.97 Å². The number of anilines is 1. The monoisotopic (exact) mass is 256 g/mol. The van der Waals surface area contributed by atoms with Gasteiger partial charge in [-0.1, -0.05) is 0 Å². The first-order chi connectivity index (χ1) is 8.20. The summed E-state index contributed by atoms with van der Waals surface area (Å²) in [5.41, 5.74) is 0.415. The van der Waals surface area contributed by atoms with Crippen molar-refractivity contribution >= 4 is 22.4 Å². The van der Waals surface area contributed by atoms with Crippen LogP contribution in [0.3, 0.4) is 0 Å². The number of ether oxygens (including phenoxy) is 2. The molecule has 1 fully saturated rings. The highest BCUT2D eigenvalue weighted by molar-refractivity contribution is 7.15. The van der Waals surface area contributed by atoms with Crippen molar-refractivity contribution in [3.63, 3.8) is 0 Å². The number of nitrogens with zero attached hydrogens (tertiary/aromatic N) is 1. The summed E-state index contributed by atoms with van der Waals surface area (Å²) in [5.74, 6) is -0.350. The van der Waals surface area contributed by atoms with Crippen molar-refractivity contribution < 1.29 is 14.3 Å². The smallest absolute Gasteiger partial charge is 0.358 e. The fraction of sp³-hybridized carbons (Fsp3) is 0.636. The maximum Gasteiger partial charge on any atom is 0.358 e. The van der Waals surface area contributed by atoms with Crippen LogP contribution in [0, 0.1) is 6.92 Å². The molecule has 0 aromatic carbocycles. The van der Waals surface area contributed by atoms with E-state index in [0.717, 1.165) is 23.0 Å². The van der Waals surface area contributed by atoms with E-state index < -0.39 is 0 Å². The lowest BCUT2D eigenvalue weighted by Crippen LogP contribution is -2.18. The maximum absolute atomic E-state index is 11.6. The van der Waals surface area contributed by atoms with E-state index in [0.29, 0.717) is 24.9 Å². The number of thiazole rings is 1. The van der Waals surface area contributed by atoms with Crippen LogP contribution in [0.2, 0.25) is 0 Å². The minimum absolute atomic E-state index is 0.301. The van der Waals surface area contributed by atoms with Crippen molar-refractivity contribution in [1.82, 2.24) is 4.98 Å². The van der Waals surface area contributed by atoms with Crippen molar-refractivity contribution in [3.05, 3.63) is 10.6 Å². The Bertz CT molecular complexity index is 399. The molecular weight excluding hydrogens is 240 g/mol. The van der Waals surface area contributed by atoms with Crippen molar-refractivity contribution in [1.29, 1.82) is 0 Å². The number of aromatic nitrogens is 1. The van der Waals surface area contributed by atoms with Crippen molar-refractivity contribution in [2.75, 3.05) is 25.1 Å².